The number of hydrogen-bond donors (Lipinski definition) is 2. The van der Waals surface area contributed by atoms with E-state index in [2.05, 4.69) is 5.32 Å². The quantitative estimate of drug-likeness (QED) is 0.872. The Morgan fingerprint density at radius 3 is 2.79 bits per heavy atom. The molecule has 2 atom stereocenters. The maximum absolute atomic E-state index is 9.82. The molecule has 4 nitrogen and oxygen atoms in total. The molecular weight excluding hydrogens is 266 g/mol. The average molecular weight is 286 g/mol. The molecule has 0 bridgehead atoms. The molecule has 2 rings (SSSR count). The Morgan fingerprint density at radius 1 is 1.42 bits per heavy atom. The van der Waals surface area contributed by atoms with Gasteiger partial charge in [0.1, 0.15) is 6.10 Å². The molecule has 0 heterocycles. The molecule has 0 saturated heterocycles. The van der Waals surface area contributed by atoms with Crippen LogP contribution in [-0.2, 0) is 6.54 Å². The third kappa shape index (κ3) is 3.32. The van der Waals surface area contributed by atoms with E-state index < -0.39 is 6.10 Å². The summed E-state index contributed by atoms with van der Waals surface area (Å²) in [6.45, 7) is 0.711. The van der Waals surface area contributed by atoms with Gasteiger partial charge in [-0.15, -0.1) is 0 Å². The summed E-state index contributed by atoms with van der Waals surface area (Å²) in [6, 6.07) is 3.76. The first kappa shape index (κ1) is 14.4. The molecule has 1 fully saturated rings. The lowest BCUT2D eigenvalue weighted by atomic mass is 10.2. The van der Waals surface area contributed by atoms with Crippen molar-refractivity contribution in [1.29, 1.82) is 0 Å². The molecule has 2 N–H and O–H groups in total. The zero-order valence-electron chi connectivity index (χ0n) is 11.3. The summed E-state index contributed by atoms with van der Waals surface area (Å²) >= 11 is 6.26. The SMILES string of the molecule is CNCc1cc(Cl)c(OC2CCCC2O)c(OC)c1. The Hall–Kier alpha value is -0.970. The number of hydrogen-bond acceptors (Lipinski definition) is 4. The molecule has 0 aliphatic heterocycles. The van der Waals surface area contributed by atoms with E-state index in [1.807, 2.05) is 19.2 Å². The second-order valence-corrected chi connectivity index (χ2v) is 5.20. The predicted octanol–water partition coefficient (Wildman–Crippen LogP) is 2.36. The first-order valence-corrected chi connectivity index (χ1v) is 6.89. The number of nitrogens with one attached hydrogen (secondary N) is 1. The summed E-state index contributed by atoms with van der Waals surface area (Å²) in [5, 5.41) is 13.4. The Morgan fingerprint density at radius 2 is 2.21 bits per heavy atom. The number of aliphatic hydroxyl groups is 1. The minimum atomic E-state index is -0.419. The van der Waals surface area contributed by atoms with E-state index in [0.29, 0.717) is 23.1 Å². The van der Waals surface area contributed by atoms with Crippen molar-refractivity contribution >= 4 is 11.6 Å². The number of ether oxygens (including phenoxy) is 2. The van der Waals surface area contributed by atoms with Gasteiger partial charge < -0.3 is 19.9 Å². The van der Waals surface area contributed by atoms with E-state index in [-0.39, 0.29) is 6.10 Å². The van der Waals surface area contributed by atoms with E-state index in [4.69, 9.17) is 21.1 Å². The highest BCUT2D eigenvalue weighted by molar-refractivity contribution is 6.32. The van der Waals surface area contributed by atoms with Gasteiger partial charge in [-0.1, -0.05) is 11.6 Å². The molecule has 0 spiro atoms. The van der Waals surface area contributed by atoms with E-state index in [1.165, 1.54) is 0 Å². The smallest absolute Gasteiger partial charge is 0.180 e. The summed E-state index contributed by atoms with van der Waals surface area (Å²) < 4.78 is 11.2. The predicted molar refractivity (Wildman–Crippen MR) is 75.0 cm³/mol. The molecule has 2 unspecified atom stereocenters. The van der Waals surface area contributed by atoms with E-state index >= 15 is 0 Å². The van der Waals surface area contributed by atoms with Crippen LogP contribution in [0.1, 0.15) is 24.8 Å². The molecule has 1 saturated carbocycles. The van der Waals surface area contributed by atoms with Crippen LogP contribution >= 0.6 is 11.6 Å². The fourth-order valence-corrected chi connectivity index (χ4v) is 2.67. The lowest BCUT2D eigenvalue weighted by molar-refractivity contribution is 0.0587. The molecule has 106 valence electrons. The molecule has 0 aromatic heterocycles. The number of halogens is 1. The van der Waals surface area contributed by atoms with Crippen LogP contribution in [-0.4, -0.2) is 31.5 Å². The zero-order valence-corrected chi connectivity index (χ0v) is 12.0. The molecule has 19 heavy (non-hydrogen) atoms. The normalized spacial score (nSPS) is 22.5. The Kier molecular flexibility index (Phi) is 4.91. The van der Waals surface area contributed by atoms with Gasteiger partial charge in [-0.05, 0) is 44.0 Å². The molecule has 1 aromatic carbocycles. The van der Waals surface area contributed by atoms with Crippen LogP contribution in [0.3, 0.4) is 0 Å². The molecule has 1 aliphatic rings. The van der Waals surface area contributed by atoms with Crippen molar-refractivity contribution in [3.8, 4) is 11.5 Å². The summed E-state index contributed by atoms with van der Waals surface area (Å²) in [4.78, 5) is 0. The van der Waals surface area contributed by atoms with Gasteiger partial charge in [0.15, 0.2) is 11.5 Å². The highest BCUT2D eigenvalue weighted by Crippen LogP contribution is 2.39. The van der Waals surface area contributed by atoms with Gasteiger partial charge in [-0.25, -0.2) is 0 Å². The first-order chi connectivity index (χ1) is 9.15. The van der Waals surface area contributed by atoms with Crippen molar-refractivity contribution in [2.75, 3.05) is 14.2 Å². The van der Waals surface area contributed by atoms with Crippen LogP contribution in [0.5, 0.6) is 11.5 Å². The Labute approximate surface area is 118 Å². The summed E-state index contributed by atoms with van der Waals surface area (Å²) in [5.74, 6) is 1.13. The van der Waals surface area contributed by atoms with Gasteiger partial charge in [-0.3, -0.25) is 0 Å². The van der Waals surface area contributed by atoms with Crippen LogP contribution in [0, 0.1) is 0 Å². The molecule has 0 amide bonds. The van der Waals surface area contributed by atoms with Crippen molar-refractivity contribution in [1.82, 2.24) is 5.32 Å². The van der Waals surface area contributed by atoms with E-state index in [9.17, 15) is 5.11 Å². The van der Waals surface area contributed by atoms with Gasteiger partial charge >= 0.3 is 0 Å². The summed E-state index contributed by atoms with van der Waals surface area (Å²) in [5.41, 5.74) is 1.03. The van der Waals surface area contributed by atoms with Gasteiger partial charge in [0.2, 0.25) is 0 Å². The third-order valence-electron chi connectivity index (χ3n) is 3.36. The summed E-state index contributed by atoms with van der Waals surface area (Å²) in [7, 11) is 3.46. The lowest BCUT2D eigenvalue weighted by Crippen LogP contribution is -2.26. The van der Waals surface area contributed by atoms with Crippen LogP contribution in [0.15, 0.2) is 12.1 Å². The fraction of sp³-hybridized carbons (Fsp3) is 0.571. The number of rotatable bonds is 5. The minimum absolute atomic E-state index is 0.193. The molecule has 5 heteroatoms. The molecule has 1 aliphatic carbocycles. The van der Waals surface area contributed by atoms with E-state index in [1.54, 1.807) is 7.11 Å². The molecular formula is C14H20ClNO3. The fourth-order valence-electron chi connectivity index (χ4n) is 2.39. The monoisotopic (exact) mass is 285 g/mol. The highest BCUT2D eigenvalue weighted by Gasteiger charge is 2.28. The second-order valence-electron chi connectivity index (χ2n) is 4.79. The van der Waals surface area contributed by atoms with Crippen molar-refractivity contribution in [3.63, 3.8) is 0 Å². The maximum Gasteiger partial charge on any atom is 0.180 e. The average Bonchev–Trinajstić information content (AvgIpc) is 2.78. The van der Waals surface area contributed by atoms with Crippen LogP contribution in [0.4, 0.5) is 0 Å². The first-order valence-electron chi connectivity index (χ1n) is 6.51. The Balaban J connectivity index is 2.23. The van der Waals surface area contributed by atoms with Gasteiger partial charge in [0, 0.05) is 6.54 Å². The number of benzene rings is 1. The van der Waals surface area contributed by atoms with Crippen molar-refractivity contribution in [2.45, 2.75) is 38.0 Å². The highest BCUT2D eigenvalue weighted by atomic mass is 35.5. The van der Waals surface area contributed by atoms with Crippen LogP contribution < -0.4 is 14.8 Å². The third-order valence-corrected chi connectivity index (χ3v) is 3.64. The van der Waals surface area contributed by atoms with E-state index in [0.717, 1.165) is 24.8 Å². The van der Waals surface area contributed by atoms with Gasteiger partial charge in [0.05, 0.1) is 18.2 Å². The largest absolute Gasteiger partial charge is 0.493 e. The lowest BCUT2D eigenvalue weighted by Gasteiger charge is -2.20. The van der Waals surface area contributed by atoms with Crippen LogP contribution in [0.2, 0.25) is 5.02 Å². The standard InChI is InChI=1S/C14H20ClNO3/c1-16-8-9-6-10(15)14(13(7-9)18-2)19-12-5-3-4-11(12)17/h6-7,11-12,16-17H,3-5,8H2,1-2H3. The minimum Gasteiger partial charge on any atom is -0.493 e. The second kappa shape index (κ2) is 6.46. The number of aliphatic hydroxyl groups excluding tert-OH is 1. The van der Waals surface area contributed by atoms with Crippen molar-refractivity contribution < 1.29 is 14.6 Å². The van der Waals surface area contributed by atoms with Gasteiger partial charge in [-0.2, -0.15) is 0 Å². The zero-order chi connectivity index (χ0) is 13.8. The molecule has 1 aromatic rings. The molecule has 0 radical (unpaired) electrons. The summed E-state index contributed by atoms with van der Waals surface area (Å²) in [6.07, 6.45) is 1.99. The maximum atomic E-state index is 9.82. The topological polar surface area (TPSA) is 50.7 Å². The van der Waals surface area contributed by atoms with Crippen LogP contribution in [0.25, 0.3) is 0 Å². The van der Waals surface area contributed by atoms with Crippen molar-refractivity contribution in [2.24, 2.45) is 0 Å². The van der Waals surface area contributed by atoms with Gasteiger partial charge in [0.25, 0.3) is 0 Å². The Bertz CT molecular complexity index is 439. The number of methoxy groups -OCH3 is 1. The van der Waals surface area contributed by atoms with Crippen molar-refractivity contribution in [3.05, 3.63) is 22.7 Å².